The summed E-state index contributed by atoms with van der Waals surface area (Å²) < 4.78 is 2.68. The summed E-state index contributed by atoms with van der Waals surface area (Å²) in [5.41, 5.74) is 4.71. The lowest BCUT2D eigenvalue weighted by Crippen LogP contribution is -2.18. The topological polar surface area (TPSA) is 59.3 Å². The first-order chi connectivity index (χ1) is 12.1. The van der Waals surface area contributed by atoms with Gasteiger partial charge in [0.05, 0.1) is 12.8 Å². The van der Waals surface area contributed by atoms with Gasteiger partial charge in [0.25, 0.3) is 5.91 Å². The van der Waals surface area contributed by atoms with Crippen molar-refractivity contribution in [3.05, 3.63) is 87.1 Å². The first-order valence-electron chi connectivity index (χ1n) is 7.47. The Balaban J connectivity index is 1.58. The zero-order valence-electron chi connectivity index (χ0n) is 13.1. The van der Waals surface area contributed by atoms with Crippen molar-refractivity contribution in [3.8, 4) is 0 Å². The molecule has 7 heteroatoms. The average Bonchev–Trinajstić information content (AvgIpc) is 3.07. The van der Waals surface area contributed by atoms with Gasteiger partial charge in [-0.25, -0.2) is 5.43 Å². The van der Waals surface area contributed by atoms with E-state index in [-0.39, 0.29) is 5.91 Å². The molecule has 25 heavy (non-hydrogen) atoms. The Labute approximate surface area is 158 Å². The molecule has 1 heterocycles. The molecular formula is C18H14BrClN4O. The van der Waals surface area contributed by atoms with Crippen LogP contribution in [-0.4, -0.2) is 21.9 Å². The van der Waals surface area contributed by atoms with Crippen LogP contribution in [0.1, 0.15) is 21.6 Å². The van der Waals surface area contributed by atoms with Crippen LogP contribution in [-0.2, 0) is 6.54 Å². The summed E-state index contributed by atoms with van der Waals surface area (Å²) in [4.78, 5) is 12.1. The summed E-state index contributed by atoms with van der Waals surface area (Å²) in [7, 11) is 0. The van der Waals surface area contributed by atoms with Crippen LogP contribution in [0, 0.1) is 0 Å². The van der Waals surface area contributed by atoms with Gasteiger partial charge in [-0.3, -0.25) is 9.48 Å². The van der Waals surface area contributed by atoms with Crippen molar-refractivity contribution in [1.29, 1.82) is 0 Å². The number of rotatable bonds is 5. The van der Waals surface area contributed by atoms with Crippen molar-refractivity contribution in [3.63, 3.8) is 0 Å². The lowest BCUT2D eigenvalue weighted by molar-refractivity contribution is 0.0949. The summed E-state index contributed by atoms with van der Waals surface area (Å²) >= 11 is 9.24. The minimum atomic E-state index is -0.358. The Morgan fingerprint density at radius 3 is 2.60 bits per heavy atom. The first kappa shape index (κ1) is 17.4. The van der Waals surface area contributed by atoms with Crippen LogP contribution in [0.2, 0.25) is 5.02 Å². The Hall–Kier alpha value is -2.44. The number of carbonyl (C=O) groups excluding carboxylic acids is 1. The molecule has 3 rings (SSSR count). The molecule has 0 fully saturated rings. The van der Waals surface area contributed by atoms with Gasteiger partial charge in [-0.1, -0.05) is 51.8 Å². The smallest absolute Gasteiger partial charge is 0.268 e. The lowest BCUT2D eigenvalue weighted by Gasteiger charge is -2.02. The Bertz CT molecular complexity index is 888. The van der Waals surface area contributed by atoms with E-state index in [2.05, 4.69) is 31.6 Å². The van der Waals surface area contributed by atoms with Gasteiger partial charge in [-0.05, 0) is 41.5 Å². The number of hydrogen-bond acceptors (Lipinski definition) is 3. The van der Waals surface area contributed by atoms with Crippen LogP contribution >= 0.6 is 27.5 Å². The number of hydrazone groups is 1. The van der Waals surface area contributed by atoms with Gasteiger partial charge in [0.1, 0.15) is 0 Å². The molecule has 0 aliphatic rings. The van der Waals surface area contributed by atoms with Gasteiger partial charge in [0.15, 0.2) is 5.69 Å². The molecule has 0 bridgehead atoms. The van der Waals surface area contributed by atoms with Gasteiger partial charge >= 0.3 is 0 Å². The van der Waals surface area contributed by atoms with E-state index >= 15 is 0 Å². The van der Waals surface area contributed by atoms with E-state index in [1.807, 2.05) is 48.5 Å². The SMILES string of the molecule is O=C(NN=Cc1ccc(Br)cc1)c1ccn(Cc2ccc(Cl)cc2)n1. The molecule has 5 nitrogen and oxygen atoms in total. The van der Waals surface area contributed by atoms with Crippen molar-refractivity contribution in [2.75, 3.05) is 0 Å². The average molecular weight is 418 g/mol. The maximum atomic E-state index is 12.1. The molecule has 126 valence electrons. The molecule has 1 aromatic heterocycles. The standard InChI is InChI=1S/C18H14BrClN4O/c19-15-5-1-13(2-6-15)11-21-22-18(25)17-9-10-24(23-17)12-14-3-7-16(20)8-4-14/h1-11H,12H2,(H,22,25). The van der Waals surface area contributed by atoms with Crippen molar-refractivity contribution in [2.24, 2.45) is 5.10 Å². The lowest BCUT2D eigenvalue weighted by atomic mass is 10.2. The highest BCUT2D eigenvalue weighted by Crippen LogP contribution is 2.11. The third-order valence-corrected chi connectivity index (χ3v) is 4.16. The molecule has 1 N–H and O–H groups in total. The number of benzene rings is 2. The van der Waals surface area contributed by atoms with Crippen molar-refractivity contribution >= 4 is 39.7 Å². The number of hydrogen-bond donors (Lipinski definition) is 1. The second-order valence-corrected chi connectivity index (χ2v) is 6.63. The highest BCUT2D eigenvalue weighted by atomic mass is 79.9. The minimum absolute atomic E-state index is 0.307. The Morgan fingerprint density at radius 1 is 1.16 bits per heavy atom. The van der Waals surface area contributed by atoms with Crippen molar-refractivity contribution < 1.29 is 4.79 Å². The fourth-order valence-electron chi connectivity index (χ4n) is 2.12. The third-order valence-electron chi connectivity index (χ3n) is 3.38. The third kappa shape index (κ3) is 5.01. The number of nitrogens with zero attached hydrogens (tertiary/aromatic N) is 3. The van der Waals surface area contributed by atoms with Crippen LogP contribution in [0.5, 0.6) is 0 Å². The molecule has 0 saturated heterocycles. The maximum Gasteiger partial charge on any atom is 0.291 e. The van der Waals surface area contributed by atoms with E-state index in [9.17, 15) is 4.79 Å². The Kier molecular flexibility index (Phi) is 5.63. The van der Waals surface area contributed by atoms with Crippen LogP contribution in [0.4, 0.5) is 0 Å². The summed E-state index contributed by atoms with van der Waals surface area (Å²) in [6, 6.07) is 16.7. The molecule has 0 unspecified atom stereocenters. The fraction of sp³-hybridized carbons (Fsp3) is 0.0556. The highest BCUT2D eigenvalue weighted by Gasteiger charge is 2.08. The van der Waals surface area contributed by atoms with Crippen LogP contribution in [0.3, 0.4) is 0 Å². The monoisotopic (exact) mass is 416 g/mol. The molecule has 2 aromatic carbocycles. The predicted octanol–water partition coefficient (Wildman–Crippen LogP) is 4.11. The quantitative estimate of drug-likeness (QED) is 0.502. The fourth-order valence-corrected chi connectivity index (χ4v) is 2.51. The van der Waals surface area contributed by atoms with E-state index in [1.165, 1.54) is 0 Å². The normalized spacial score (nSPS) is 11.0. The number of halogens is 2. The number of aromatic nitrogens is 2. The predicted molar refractivity (Wildman–Crippen MR) is 102 cm³/mol. The Morgan fingerprint density at radius 2 is 1.88 bits per heavy atom. The van der Waals surface area contributed by atoms with Crippen molar-refractivity contribution in [1.82, 2.24) is 15.2 Å². The van der Waals surface area contributed by atoms with E-state index in [0.29, 0.717) is 17.3 Å². The molecule has 3 aromatic rings. The van der Waals surface area contributed by atoms with Gasteiger partial charge in [0.2, 0.25) is 0 Å². The number of nitrogens with one attached hydrogen (secondary N) is 1. The number of carbonyl (C=O) groups is 1. The molecule has 0 aliphatic heterocycles. The van der Waals surface area contributed by atoms with E-state index < -0.39 is 0 Å². The molecule has 0 spiro atoms. The summed E-state index contributed by atoms with van der Waals surface area (Å²) in [6.45, 7) is 0.562. The van der Waals surface area contributed by atoms with E-state index in [1.54, 1.807) is 23.2 Å². The van der Waals surface area contributed by atoms with Crippen LogP contribution in [0.15, 0.2) is 70.4 Å². The summed E-state index contributed by atoms with van der Waals surface area (Å²) in [5, 5.41) is 8.89. The summed E-state index contributed by atoms with van der Waals surface area (Å²) in [5.74, 6) is -0.358. The van der Waals surface area contributed by atoms with E-state index in [0.717, 1.165) is 15.6 Å². The minimum Gasteiger partial charge on any atom is -0.268 e. The first-order valence-corrected chi connectivity index (χ1v) is 8.64. The van der Waals surface area contributed by atoms with Gasteiger partial charge in [-0.15, -0.1) is 0 Å². The zero-order chi connectivity index (χ0) is 17.6. The molecule has 1 amide bonds. The second-order valence-electron chi connectivity index (χ2n) is 5.28. The van der Waals surface area contributed by atoms with Gasteiger partial charge in [-0.2, -0.15) is 10.2 Å². The molecule has 0 atom stereocenters. The summed E-state index contributed by atoms with van der Waals surface area (Å²) in [6.07, 6.45) is 3.33. The number of amides is 1. The van der Waals surface area contributed by atoms with Gasteiger partial charge < -0.3 is 0 Å². The van der Waals surface area contributed by atoms with Crippen LogP contribution in [0.25, 0.3) is 0 Å². The van der Waals surface area contributed by atoms with Crippen molar-refractivity contribution in [2.45, 2.75) is 6.54 Å². The van der Waals surface area contributed by atoms with Gasteiger partial charge in [0, 0.05) is 15.7 Å². The van der Waals surface area contributed by atoms with E-state index in [4.69, 9.17) is 11.6 Å². The van der Waals surface area contributed by atoms with Crippen LogP contribution < -0.4 is 5.43 Å². The molecular weight excluding hydrogens is 404 g/mol. The molecule has 0 aliphatic carbocycles. The maximum absolute atomic E-state index is 12.1. The largest absolute Gasteiger partial charge is 0.291 e. The molecule has 0 saturated carbocycles. The highest BCUT2D eigenvalue weighted by molar-refractivity contribution is 9.10. The second kappa shape index (κ2) is 8.09. The molecule has 0 radical (unpaired) electrons. The zero-order valence-corrected chi connectivity index (χ0v) is 15.4.